The van der Waals surface area contributed by atoms with Gasteiger partial charge in [0.05, 0.1) is 0 Å². The van der Waals surface area contributed by atoms with Crippen LogP contribution in [-0.2, 0) is 32.4 Å². The van der Waals surface area contributed by atoms with Crippen molar-refractivity contribution >= 4 is 23.0 Å². The standard InChI is InChI=1S/C21H26N6O3/c1-23-17-18(24(2)21(30)25(3)19(17)29)22-20(23)27-13-11-26(12-14-27)16(28)10-9-15-7-5-4-6-8-15/h4-8H,9-14H2,1-3H3. The number of amides is 1. The van der Waals surface area contributed by atoms with Gasteiger partial charge in [0.15, 0.2) is 11.2 Å². The highest BCUT2D eigenvalue weighted by atomic mass is 16.2. The van der Waals surface area contributed by atoms with Crippen molar-refractivity contribution in [1.82, 2.24) is 23.6 Å². The zero-order valence-electron chi connectivity index (χ0n) is 17.5. The van der Waals surface area contributed by atoms with Gasteiger partial charge in [0.2, 0.25) is 11.9 Å². The molecule has 9 heteroatoms. The molecule has 4 rings (SSSR count). The molecule has 0 bridgehead atoms. The van der Waals surface area contributed by atoms with Gasteiger partial charge in [0.1, 0.15) is 0 Å². The van der Waals surface area contributed by atoms with Crippen molar-refractivity contribution < 1.29 is 4.79 Å². The number of imidazole rings is 1. The molecule has 2 aromatic heterocycles. The van der Waals surface area contributed by atoms with Crippen LogP contribution in [0.25, 0.3) is 11.2 Å². The summed E-state index contributed by atoms with van der Waals surface area (Å²) in [6, 6.07) is 10.0. The third kappa shape index (κ3) is 3.40. The first-order valence-corrected chi connectivity index (χ1v) is 10.1. The molecule has 1 fully saturated rings. The lowest BCUT2D eigenvalue weighted by molar-refractivity contribution is -0.131. The van der Waals surface area contributed by atoms with Gasteiger partial charge >= 0.3 is 5.69 Å². The first kappa shape index (κ1) is 19.9. The topological polar surface area (TPSA) is 85.4 Å². The lowest BCUT2D eigenvalue weighted by Gasteiger charge is -2.35. The largest absolute Gasteiger partial charge is 0.339 e. The van der Waals surface area contributed by atoms with Crippen molar-refractivity contribution in [3.63, 3.8) is 0 Å². The van der Waals surface area contributed by atoms with Gasteiger partial charge in [-0.25, -0.2) is 4.79 Å². The molecule has 1 aromatic carbocycles. The Morgan fingerprint density at radius 2 is 1.60 bits per heavy atom. The fraction of sp³-hybridized carbons (Fsp3) is 0.429. The van der Waals surface area contributed by atoms with Crippen LogP contribution >= 0.6 is 0 Å². The predicted molar refractivity (Wildman–Crippen MR) is 115 cm³/mol. The van der Waals surface area contributed by atoms with E-state index in [1.165, 1.54) is 11.6 Å². The van der Waals surface area contributed by atoms with Gasteiger partial charge in [-0.15, -0.1) is 0 Å². The number of nitrogens with zero attached hydrogens (tertiary/aromatic N) is 6. The lowest BCUT2D eigenvalue weighted by atomic mass is 10.1. The van der Waals surface area contributed by atoms with E-state index in [2.05, 4.69) is 9.88 Å². The molecule has 0 aliphatic carbocycles. The van der Waals surface area contributed by atoms with E-state index in [1.54, 1.807) is 18.7 Å². The van der Waals surface area contributed by atoms with E-state index >= 15 is 0 Å². The number of benzene rings is 1. The van der Waals surface area contributed by atoms with Crippen LogP contribution in [0.3, 0.4) is 0 Å². The Labute approximate surface area is 173 Å². The second-order valence-electron chi connectivity index (χ2n) is 7.70. The maximum absolute atomic E-state index is 12.6. The first-order chi connectivity index (χ1) is 14.4. The van der Waals surface area contributed by atoms with Crippen molar-refractivity contribution in [2.24, 2.45) is 21.1 Å². The third-order valence-electron chi connectivity index (χ3n) is 5.84. The van der Waals surface area contributed by atoms with Crippen LogP contribution in [0.5, 0.6) is 0 Å². The number of carbonyl (C=O) groups excluding carboxylic acids is 1. The van der Waals surface area contributed by atoms with Gasteiger partial charge < -0.3 is 14.4 Å². The van der Waals surface area contributed by atoms with E-state index in [0.717, 1.165) is 16.6 Å². The molecular weight excluding hydrogens is 384 g/mol. The highest BCUT2D eigenvalue weighted by molar-refractivity contribution is 5.77. The molecule has 0 N–H and O–H groups in total. The minimum absolute atomic E-state index is 0.153. The molecule has 1 saturated heterocycles. The maximum Gasteiger partial charge on any atom is 0.332 e. The Hall–Kier alpha value is -3.36. The number of piperazine rings is 1. The Bertz CT molecular complexity index is 1200. The van der Waals surface area contributed by atoms with Crippen molar-refractivity contribution in [3.05, 3.63) is 56.7 Å². The highest BCUT2D eigenvalue weighted by Crippen LogP contribution is 2.19. The second kappa shape index (κ2) is 7.81. The Kier molecular flexibility index (Phi) is 5.19. The Balaban J connectivity index is 1.47. The number of carbonyl (C=O) groups is 1. The second-order valence-corrected chi connectivity index (χ2v) is 7.70. The zero-order chi connectivity index (χ0) is 21.4. The van der Waals surface area contributed by atoms with E-state index in [1.807, 2.05) is 35.2 Å². The molecule has 0 atom stereocenters. The molecule has 30 heavy (non-hydrogen) atoms. The van der Waals surface area contributed by atoms with Crippen LogP contribution in [0.4, 0.5) is 5.95 Å². The van der Waals surface area contributed by atoms with Crippen molar-refractivity contribution in [1.29, 1.82) is 0 Å². The Morgan fingerprint density at radius 1 is 0.933 bits per heavy atom. The number of aryl methyl sites for hydroxylation is 3. The van der Waals surface area contributed by atoms with Gasteiger partial charge in [-0.1, -0.05) is 30.3 Å². The Morgan fingerprint density at radius 3 is 2.27 bits per heavy atom. The number of aromatic nitrogens is 4. The lowest BCUT2D eigenvalue weighted by Crippen LogP contribution is -2.49. The van der Waals surface area contributed by atoms with Gasteiger partial charge in [-0.2, -0.15) is 4.98 Å². The van der Waals surface area contributed by atoms with Crippen LogP contribution in [0, 0.1) is 0 Å². The molecule has 0 spiro atoms. The summed E-state index contributed by atoms with van der Waals surface area (Å²) < 4.78 is 4.23. The molecule has 1 amide bonds. The molecule has 9 nitrogen and oxygen atoms in total. The van der Waals surface area contributed by atoms with Crippen molar-refractivity contribution in [2.75, 3.05) is 31.1 Å². The van der Waals surface area contributed by atoms with Crippen molar-refractivity contribution in [2.45, 2.75) is 12.8 Å². The van der Waals surface area contributed by atoms with E-state index in [-0.39, 0.29) is 11.5 Å². The zero-order valence-corrected chi connectivity index (χ0v) is 17.5. The number of fused-ring (bicyclic) bond motifs is 1. The molecule has 1 aliphatic rings. The summed E-state index contributed by atoms with van der Waals surface area (Å²) in [6.07, 6.45) is 1.23. The number of rotatable bonds is 4. The number of hydrogen-bond acceptors (Lipinski definition) is 5. The van der Waals surface area contributed by atoms with Gasteiger partial charge in [0, 0.05) is 53.7 Å². The van der Waals surface area contributed by atoms with Crippen LogP contribution in [0.1, 0.15) is 12.0 Å². The summed E-state index contributed by atoms with van der Waals surface area (Å²) in [5, 5.41) is 0. The van der Waals surface area contributed by atoms with E-state index in [0.29, 0.717) is 49.7 Å². The SMILES string of the molecule is Cn1c(=O)c2c(nc(N3CCN(C(=O)CCc4ccccc4)CC3)n2C)n(C)c1=O. The molecule has 0 unspecified atom stereocenters. The minimum atomic E-state index is -0.397. The normalized spacial score (nSPS) is 14.5. The quantitative estimate of drug-likeness (QED) is 0.616. The fourth-order valence-corrected chi connectivity index (χ4v) is 4.00. The third-order valence-corrected chi connectivity index (χ3v) is 5.84. The van der Waals surface area contributed by atoms with Crippen LogP contribution in [0.15, 0.2) is 39.9 Å². The van der Waals surface area contributed by atoms with E-state index < -0.39 is 5.69 Å². The van der Waals surface area contributed by atoms with E-state index in [4.69, 9.17) is 0 Å². The maximum atomic E-state index is 12.6. The number of anilines is 1. The molecular formula is C21H26N6O3. The molecule has 1 aliphatic heterocycles. The summed E-state index contributed by atoms with van der Waals surface area (Å²) in [5.41, 5.74) is 1.18. The smallest absolute Gasteiger partial charge is 0.332 e. The van der Waals surface area contributed by atoms with Crippen LogP contribution in [0.2, 0.25) is 0 Å². The summed E-state index contributed by atoms with van der Waals surface area (Å²) >= 11 is 0. The summed E-state index contributed by atoms with van der Waals surface area (Å²) in [7, 11) is 4.87. The minimum Gasteiger partial charge on any atom is -0.339 e. The highest BCUT2D eigenvalue weighted by Gasteiger charge is 2.25. The monoisotopic (exact) mass is 410 g/mol. The average Bonchev–Trinajstić information content (AvgIpc) is 3.12. The summed E-state index contributed by atoms with van der Waals surface area (Å²) in [4.78, 5) is 45.9. The van der Waals surface area contributed by atoms with E-state index in [9.17, 15) is 14.4 Å². The van der Waals surface area contributed by atoms with Gasteiger partial charge in [-0.05, 0) is 12.0 Å². The summed E-state index contributed by atoms with van der Waals surface area (Å²) in [5.74, 6) is 0.791. The molecule has 0 radical (unpaired) electrons. The number of hydrogen-bond donors (Lipinski definition) is 0. The van der Waals surface area contributed by atoms with Gasteiger partial charge in [-0.3, -0.25) is 18.7 Å². The van der Waals surface area contributed by atoms with Crippen LogP contribution in [-0.4, -0.2) is 55.7 Å². The van der Waals surface area contributed by atoms with Gasteiger partial charge in [0.25, 0.3) is 5.56 Å². The average molecular weight is 410 g/mol. The van der Waals surface area contributed by atoms with Crippen molar-refractivity contribution in [3.8, 4) is 0 Å². The molecule has 3 aromatic rings. The first-order valence-electron chi connectivity index (χ1n) is 10.1. The molecule has 3 heterocycles. The van der Waals surface area contributed by atoms with Crippen LogP contribution < -0.4 is 16.1 Å². The summed E-state index contributed by atoms with van der Waals surface area (Å²) in [6.45, 7) is 2.46. The fourth-order valence-electron chi connectivity index (χ4n) is 4.00. The predicted octanol–water partition coefficient (Wildman–Crippen LogP) is 0.252. The molecule has 158 valence electrons. The molecule has 0 saturated carbocycles.